The van der Waals surface area contributed by atoms with Crippen molar-refractivity contribution in [3.8, 4) is 22.4 Å². The predicted molar refractivity (Wildman–Crippen MR) is 162 cm³/mol. The van der Waals surface area contributed by atoms with Crippen LogP contribution in [0.3, 0.4) is 0 Å². The molecule has 0 bridgehead atoms. The summed E-state index contributed by atoms with van der Waals surface area (Å²) in [5, 5.41) is 1.06. The van der Waals surface area contributed by atoms with Crippen LogP contribution >= 0.6 is 23.2 Å². The van der Waals surface area contributed by atoms with Crippen molar-refractivity contribution < 1.29 is 17.9 Å². The van der Waals surface area contributed by atoms with Gasteiger partial charge in [0.05, 0.1) is 28.3 Å². The number of carbonyl (C=O) groups is 1. The molecule has 0 unspecified atom stereocenters. The molecule has 9 heteroatoms. The van der Waals surface area contributed by atoms with Crippen LogP contribution in [0.4, 0.5) is 0 Å². The molecule has 0 aliphatic heterocycles. The lowest BCUT2D eigenvalue weighted by molar-refractivity contribution is 0.0600. The van der Waals surface area contributed by atoms with Gasteiger partial charge in [-0.05, 0) is 64.7 Å². The number of nitrogens with zero attached hydrogens (tertiary/aromatic N) is 2. The molecule has 0 saturated carbocycles. The van der Waals surface area contributed by atoms with Crippen molar-refractivity contribution in [2.24, 2.45) is 0 Å². The molecule has 5 aromatic rings. The van der Waals surface area contributed by atoms with E-state index in [9.17, 15) is 13.2 Å². The highest BCUT2D eigenvalue weighted by Gasteiger charge is 2.15. The first-order chi connectivity index (χ1) is 19.6. The summed E-state index contributed by atoms with van der Waals surface area (Å²) in [5.74, 6) is 0.445. The zero-order chi connectivity index (χ0) is 29.1. The SMILES string of the molecule is COC(=O)c1ccc(Cn2cc(-c3ccc(Cl)cc3Cl)nc2Cc2ccc(-c3cccc(S(C)(=O)=O)c3)cc2)cc1. The molecule has 1 aromatic heterocycles. The molecule has 0 aliphatic rings. The second-order valence-corrected chi connectivity index (χ2v) is 12.5. The minimum atomic E-state index is -3.30. The first-order valence-corrected chi connectivity index (χ1v) is 15.3. The molecule has 208 valence electrons. The van der Waals surface area contributed by atoms with E-state index in [0.29, 0.717) is 28.6 Å². The number of carbonyl (C=O) groups excluding carboxylic acids is 1. The third-order valence-electron chi connectivity index (χ3n) is 6.71. The van der Waals surface area contributed by atoms with E-state index in [1.165, 1.54) is 13.4 Å². The number of esters is 1. The maximum Gasteiger partial charge on any atom is 0.337 e. The summed E-state index contributed by atoms with van der Waals surface area (Å²) in [4.78, 5) is 17.1. The van der Waals surface area contributed by atoms with Gasteiger partial charge in [0, 0.05) is 36.0 Å². The molecule has 0 amide bonds. The normalized spacial score (nSPS) is 11.4. The molecular weight excluding hydrogens is 579 g/mol. The number of hydrogen-bond acceptors (Lipinski definition) is 5. The molecule has 1 heterocycles. The van der Waals surface area contributed by atoms with Gasteiger partial charge in [-0.25, -0.2) is 18.2 Å². The van der Waals surface area contributed by atoms with Crippen LogP contribution in [0.1, 0.15) is 27.3 Å². The number of rotatable bonds is 8. The largest absolute Gasteiger partial charge is 0.465 e. The van der Waals surface area contributed by atoms with Crippen LogP contribution in [0.25, 0.3) is 22.4 Å². The first-order valence-electron chi connectivity index (χ1n) is 12.7. The van der Waals surface area contributed by atoms with Gasteiger partial charge < -0.3 is 9.30 Å². The van der Waals surface area contributed by atoms with Crippen LogP contribution in [0.15, 0.2) is 102 Å². The van der Waals surface area contributed by atoms with Crippen LogP contribution in [-0.2, 0) is 27.5 Å². The molecule has 0 saturated heterocycles. The third kappa shape index (κ3) is 6.70. The molecule has 6 nitrogen and oxygen atoms in total. The Morgan fingerprint density at radius 1 is 0.878 bits per heavy atom. The smallest absolute Gasteiger partial charge is 0.337 e. The van der Waals surface area contributed by atoms with Crippen LogP contribution in [-0.4, -0.2) is 37.3 Å². The summed E-state index contributed by atoms with van der Waals surface area (Å²) in [5.41, 5.74) is 5.76. The van der Waals surface area contributed by atoms with E-state index >= 15 is 0 Å². The fraction of sp³-hybridized carbons (Fsp3) is 0.125. The van der Waals surface area contributed by atoms with Gasteiger partial charge in [-0.3, -0.25) is 0 Å². The van der Waals surface area contributed by atoms with E-state index < -0.39 is 9.84 Å². The van der Waals surface area contributed by atoms with Gasteiger partial charge in [0.25, 0.3) is 0 Å². The van der Waals surface area contributed by atoms with E-state index in [1.807, 2.05) is 54.7 Å². The highest BCUT2D eigenvalue weighted by atomic mass is 35.5. The fourth-order valence-corrected chi connectivity index (χ4v) is 5.70. The van der Waals surface area contributed by atoms with Crippen LogP contribution in [0, 0.1) is 0 Å². The standard InChI is InChI=1S/C32H26Cl2N2O4S/c1-40-32(37)24-12-8-22(9-13-24)19-36-20-30(28-15-14-26(33)18-29(28)34)35-31(36)16-21-6-10-23(11-7-21)25-4-3-5-27(17-25)41(2,38)39/h3-15,17-18,20H,16,19H2,1-2H3. The number of methoxy groups -OCH3 is 1. The lowest BCUT2D eigenvalue weighted by atomic mass is 10.0. The van der Waals surface area contributed by atoms with Gasteiger partial charge in [-0.15, -0.1) is 0 Å². The molecule has 0 fully saturated rings. The zero-order valence-electron chi connectivity index (χ0n) is 22.3. The summed E-state index contributed by atoms with van der Waals surface area (Å²) >= 11 is 12.6. The van der Waals surface area contributed by atoms with Crippen molar-refractivity contribution in [2.45, 2.75) is 17.9 Å². The highest BCUT2D eigenvalue weighted by Crippen LogP contribution is 2.31. The summed E-state index contributed by atoms with van der Waals surface area (Å²) in [7, 11) is -1.94. The Labute approximate surface area is 249 Å². The maximum absolute atomic E-state index is 12.0. The number of aromatic nitrogens is 2. The van der Waals surface area contributed by atoms with Crippen molar-refractivity contribution in [1.82, 2.24) is 9.55 Å². The summed E-state index contributed by atoms with van der Waals surface area (Å²) in [6, 6.07) is 27.5. The Hall–Kier alpha value is -3.91. The molecule has 5 rings (SSSR count). The van der Waals surface area contributed by atoms with Gasteiger partial charge in [-0.2, -0.15) is 0 Å². The van der Waals surface area contributed by atoms with Crippen molar-refractivity contribution in [1.29, 1.82) is 0 Å². The highest BCUT2D eigenvalue weighted by molar-refractivity contribution is 7.90. The average molecular weight is 606 g/mol. The average Bonchev–Trinajstić information content (AvgIpc) is 3.34. The lowest BCUT2D eigenvalue weighted by Gasteiger charge is -2.10. The van der Waals surface area contributed by atoms with Gasteiger partial charge >= 0.3 is 5.97 Å². The minimum absolute atomic E-state index is 0.286. The molecule has 0 N–H and O–H groups in total. The van der Waals surface area contributed by atoms with E-state index in [2.05, 4.69) is 4.57 Å². The second kappa shape index (κ2) is 11.9. The van der Waals surface area contributed by atoms with Crippen LogP contribution in [0.2, 0.25) is 10.0 Å². The van der Waals surface area contributed by atoms with E-state index in [0.717, 1.165) is 39.3 Å². The lowest BCUT2D eigenvalue weighted by Crippen LogP contribution is -2.06. The topological polar surface area (TPSA) is 78.3 Å². The minimum Gasteiger partial charge on any atom is -0.465 e. The summed E-state index contributed by atoms with van der Waals surface area (Å²) in [6.45, 7) is 0.533. The number of hydrogen-bond donors (Lipinski definition) is 0. The Bertz CT molecular complexity index is 1830. The number of halogens is 2. The molecule has 0 aliphatic carbocycles. The molecule has 0 spiro atoms. The number of imidazole rings is 1. The van der Waals surface area contributed by atoms with Gasteiger partial charge in [-0.1, -0.05) is 71.7 Å². The van der Waals surface area contributed by atoms with E-state index in [4.69, 9.17) is 32.9 Å². The Morgan fingerprint density at radius 2 is 1.59 bits per heavy atom. The van der Waals surface area contributed by atoms with E-state index in [1.54, 1.807) is 42.5 Å². The molecule has 0 radical (unpaired) electrons. The van der Waals surface area contributed by atoms with Gasteiger partial charge in [0.2, 0.25) is 0 Å². The Kier molecular flexibility index (Phi) is 8.31. The number of ether oxygens (including phenoxy) is 1. The predicted octanol–water partition coefficient (Wildman–Crippen LogP) is 7.35. The summed E-state index contributed by atoms with van der Waals surface area (Å²) in [6.07, 6.45) is 3.72. The van der Waals surface area contributed by atoms with Gasteiger partial charge in [0.15, 0.2) is 9.84 Å². The van der Waals surface area contributed by atoms with Crippen molar-refractivity contribution in [3.05, 3.63) is 130 Å². The summed E-state index contributed by atoms with van der Waals surface area (Å²) < 4.78 is 30.9. The number of benzene rings is 4. The quantitative estimate of drug-likeness (QED) is 0.173. The Morgan fingerprint density at radius 3 is 2.24 bits per heavy atom. The molecule has 41 heavy (non-hydrogen) atoms. The van der Waals surface area contributed by atoms with Crippen molar-refractivity contribution in [2.75, 3.05) is 13.4 Å². The third-order valence-corrected chi connectivity index (χ3v) is 8.36. The maximum atomic E-state index is 12.0. The van der Waals surface area contributed by atoms with Crippen molar-refractivity contribution >= 4 is 39.0 Å². The molecule has 4 aromatic carbocycles. The fourth-order valence-electron chi connectivity index (χ4n) is 4.52. The zero-order valence-corrected chi connectivity index (χ0v) is 24.7. The van der Waals surface area contributed by atoms with Crippen LogP contribution < -0.4 is 0 Å². The van der Waals surface area contributed by atoms with Gasteiger partial charge in [0.1, 0.15) is 5.82 Å². The molecule has 0 atom stereocenters. The van der Waals surface area contributed by atoms with E-state index in [-0.39, 0.29) is 10.9 Å². The number of sulfone groups is 1. The Balaban J connectivity index is 1.46. The first kappa shape index (κ1) is 28.6. The van der Waals surface area contributed by atoms with Crippen molar-refractivity contribution in [3.63, 3.8) is 0 Å². The van der Waals surface area contributed by atoms with Crippen LogP contribution in [0.5, 0.6) is 0 Å². The monoisotopic (exact) mass is 604 g/mol. The second-order valence-electron chi connectivity index (χ2n) is 9.66. The molecular formula is C32H26Cl2N2O4S.